The summed E-state index contributed by atoms with van der Waals surface area (Å²) < 4.78 is 6.00. The quantitative estimate of drug-likeness (QED) is 0.0907. The van der Waals surface area contributed by atoms with Crippen molar-refractivity contribution < 1.29 is 15.1 Å². The van der Waals surface area contributed by atoms with E-state index >= 15 is 0 Å². The van der Waals surface area contributed by atoms with Gasteiger partial charge in [-0.3, -0.25) is 0 Å². The van der Waals surface area contributed by atoms with Crippen molar-refractivity contribution in [1.29, 1.82) is 0 Å². The number of tetrazole rings is 1. The van der Waals surface area contributed by atoms with Crippen LogP contribution in [-0.2, 0) is 12.8 Å². The van der Waals surface area contributed by atoms with Gasteiger partial charge in [0.15, 0.2) is 5.82 Å². The maximum Gasteiger partial charge on any atom is 0.178 e. The first kappa shape index (κ1) is 25.8. The summed E-state index contributed by atoms with van der Waals surface area (Å²) in [5.74, 6) is 2.38. The molecule has 0 saturated carbocycles. The van der Waals surface area contributed by atoms with E-state index in [9.17, 15) is 10.3 Å². The molecule has 0 saturated heterocycles. The number of aromatic nitrogens is 4. The molecule has 0 aliphatic rings. The van der Waals surface area contributed by atoms with Gasteiger partial charge in [-0.25, -0.2) is 0 Å². The van der Waals surface area contributed by atoms with Crippen LogP contribution < -0.4 is 4.74 Å². The van der Waals surface area contributed by atoms with E-state index < -0.39 is 0 Å². The van der Waals surface area contributed by atoms with Crippen LogP contribution in [0, 0.1) is 0 Å². The van der Waals surface area contributed by atoms with Gasteiger partial charge >= 0.3 is 0 Å². The molecule has 0 spiro atoms. The molecule has 0 fully saturated rings. The molecular weight excluding hydrogens is 474 g/mol. The molecule has 0 aliphatic carbocycles. The lowest BCUT2D eigenvalue weighted by molar-refractivity contribution is 0.303. The number of phenolic OH excluding ortho intramolecular Hbond substituents is 1. The minimum absolute atomic E-state index is 0.141. The Morgan fingerprint density at radius 3 is 2.74 bits per heavy atom. The largest absolute Gasteiger partial charge is 0.507 e. The first-order chi connectivity index (χ1) is 16.6. The highest BCUT2D eigenvalue weighted by atomic mass is 35.5. The first-order valence-corrected chi connectivity index (χ1v) is 12.8. The monoisotopic (exact) mass is 503 g/mol. The van der Waals surface area contributed by atoms with Gasteiger partial charge in [-0.05, 0) is 61.3 Å². The lowest BCUT2D eigenvalue weighted by Crippen LogP contribution is -2.05. The summed E-state index contributed by atoms with van der Waals surface area (Å²) in [5.41, 5.74) is 2.81. The Morgan fingerprint density at radius 1 is 1.21 bits per heavy atom. The van der Waals surface area contributed by atoms with Crippen molar-refractivity contribution in [3.63, 3.8) is 0 Å². The molecule has 0 aliphatic heterocycles. The fourth-order valence-corrected chi connectivity index (χ4v) is 4.87. The second kappa shape index (κ2) is 13.2. The van der Waals surface area contributed by atoms with Crippen LogP contribution in [0.3, 0.4) is 0 Å². The van der Waals surface area contributed by atoms with Gasteiger partial charge in [0.1, 0.15) is 11.5 Å². The minimum atomic E-state index is 0.141. The van der Waals surface area contributed by atoms with E-state index in [1.165, 1.54) is 0 Å². The SMILES string of the molecule is CCCc1c(OCCCCSc2ccc(Cc3nn[nH]n3)cc2Cl)ccc(/C(CC)=N/O)c1O. The van der Waals surface area contributed by atoms with E-state index in [4.69, 9.17) is 16.3 Å². The lowest BCUT2D eigenvalue weighted by atomic mass is 9.99. The molecule has 1 aromatic heterocycles. The molecule has 0 amide bonds. The van der Waals surface area contributed by atoms with Gasteiger partial charge in [0.2, 0.25) is 0 Å². The molecule has 3 aromatic rings. The van der Waals surface area contributed by atoms with Crippen molar-refractivity contribution in [3.05, 3.63) is 57.9 Å². The highest BCUT2D eigenvalue weighted by Crippen LogP contribution is 2.34. The van der Waals surface area contributed by atoms with Gasteiger partial charge in [0.05, 0.1) is 17.3 Å². The zero-order valence-electron chi connectivity index (χ0n) is 19.4. The number of rotatable bonds is 13. The van der Waals surface area contributed by atoms with Crippen molar-refractivity contribution >= 4 is 29.1 Å². The van der Waals surface area contributed by atoms with Crippen molar-refractivity contribution in [2.24, 2.45) is 5.16 Å². The summed E-state index contributed by atoms with van der Waals surface area (Å²) >= 11 is 8.17. The van der Waals surface area contributed by atoms with E-state index in [2.05, 4.69) is 32.7 Å². The normalized spacial score (nSPS) is 11.7. The number of nitrogens with one attached hydrogen (secondary N) is 1. The second-order valence-electron chi connectivity index (χ2n) is 7.76. The number of phenols is 1. The van der Waals surface area contributed by atoms with E-state index in [0.717, 1.165) is 46.1 Å². The summed E-state index contributed by atoms with van der Waals surface area (Å²) in [6.45, 7) is 4.49. The number of aromatic amines is 1. The van der Waals surface area contributed by atoms with Gasteiger partial charge < -0.3 is 15.1 Å². The number of oxime groups is 1. The van der Waals surface area contributed by atoms with Crippen molar-refractivity contribution in [2.75, 3.05) is 12.4 Å². The average Bonchev–Trinajstić information content (AvgIpc) is 3.34. The number of halogens is 1. The molecule has 182 valence electrons. The van der Waals surface area contributed by atoms with Crippen LogP contribution >= 0.6 is 23.4 Å². The van der Waals surface area contributed by atoms with Gasteiger partial charge in [0, 0.05) is 22.4 Å². The number of ether oxygens (including phenoxy) is 1. The van der Waals surface area contributed by atoms with E-state index in [1.54, 1.807) is 17.8 Å². The van der Waals surface area contributed by atoms with Crippen LogP contribution in [0.4, 0.5) is 0 Å². The third-order valence-corrected chi connectivity index (χ3v) is 6.89. The Bertz CT molecular complexity index is 1090. The number of thioether (sulfide) groups is 1. The zero-order valence-corrected chi connectivity index (χ0v) is 21.0. The Balaban J connectivity index is 1.48. The van der Waals surface area contributed by atoms with E-state index in [-0.39, 0.29) is 5.75 Å². The molecule has 2 aromatic carbocycles. The molecule has 10 heteroatoms. The molecule has 1 heterocycles. The Morgan fingerprint density at radius 2 is 2.06 bits per heavy atom. The summed E-state index contributed by atoms with van der Waals surface area (Å²) in [6.07, 6.45) is 4.52. The predicted octanol–water partition coefficient (Wildman–Crippen LogP) is 5.64. The average molecular weight is 504 g/mol. The zero-order chi connectivity index (χ0) is 24.3. The van der Waals surface area contributed by atoms with Crippen LogP contribution in [0.15, 0.2) is 40.4 Å². The maximum absolute atomic E-state index is 10.7. The lowest BCUT2D eigenvalue weighted by Gasteiger charge is -2.16. The molecule has 3 rings (SSSR count). The van der Waals surface area contributed by atoms with Gasteiger partial charge in [-0.1, -0.05) is 48.3 Å². The molecule has 3 N–H and O–H groups in total. The Kier molecular flexibility index (Phi) is 10.0. The van der Waals surface area contributed by atoms with Gasteiger partial charge in [0.25, 0.3) is 0 Å². The number of H-pyrrole nitrogens is 1. The summed E-state index contributed by atoms with van der Waals surface area (Å²) in [4.78, 5) is 1.04. The molecule has 0 atom stereocenters. The number of hydrogen-bond donors (Lipinski definition) is 3. The van der Waals surface area contributed by atoms with Crippen LogP contribution in [0.5, 0.6) is 11.5 Å². The van der Waals surface area contributed by atoms with E-state index in [1.807, 2.05) is 31.2 Å². The number of hydrogen-bond acceptors (Lipinski definition) is 8. The first-order valence-electron chi connectivity index (χ1n) is 11.4. The minimum Gasteiger partial charge on any atom is -0.507 e. The summed E-state index contributed by atoms with van der Waals surface area (Å²) in [6, 6.07) is 9.61. The highest BCUT2D eigenvalue weighted by Gasteiger charge is 2.16. The smallest absolute Gasteiger partial charge is 0.178 e. The van der Waals surface area contributed by atoms with Crippen molar-refractivity contribution in [2.45, 2.75) is 57.3 Å². The van der Waals surface area contributed by atoms with Crippen molar-refractivity contribution in [3.8, 4) is 11.5 Å². The third kappa shape index (κ3) is 6.87. The topological polar surface area (TPSA) is 117 Å². The van der Waals surface area contributed by atoms with E-state index in [0.29, 0.717) is 48.7 Å². The number of aromatic hydroxyl groups is 1. The fourth-order valence-electron chi connectivity index (χ4n) is 3.57. The van der Waals surface area contributed by atoms with Crippen LogP contribution in [0.1, 0.15) is 62.0 Å². The third-order valence-electron chi connectivity index (χ3n) is 5.31. The molecule has 8 nitrogen and oxygen atoms in total. The number of unbranched alkanes of at least 4 members (excludes halogenated alkanes) is 1. The number of nitrogens with zero attached hydrogens (tertiary/aromatic N) is 4. The van der Waals surface area contributed by atoms with Gasteiger partial charge in [-0.15, -0.1) is 22.0 Å². The Labute approximate surface area is 208 Å². The molecule has 0 bridgehead atoms. The fraction of sp³-hybridized carbons (Fsp3) is 0.417. The Hall–Kier alpha value is -2.78. The molecule has 34 heavy (non-hydrogen) atoms. The standard InChI is InChI=1S/C24H30ClN5O3S/c1-3-7-18-21(10-9-17(24(18)31)20(4-2)28-32)33-12-5-6-13-34-22-11-8-16(14-19(22)25)15-23-26-29-30-27-23/h8-11,14,31-32H,3-7,12-13,15H2,1-2H3,(H,26,27,29,30)/b28-20+. The van der Waals surface area contributed by atoms with Crippen molar-refractivity contribution in [1.82, 2.24) is 20.6 Å². The van der Waals surface area contributed by atoms with Crippen LogP contribution in [0.25, 0.3) is 0 Å². The summed E-state index contributed by atoms with van der Waals surface area (Å²) in [5, 5.41) is 37.9. The maximum atomic E-state index is 10.7. The molecule has 0 radical (unpaired) electrons. The van der Waals surface area contributed by atoms with Gasteiger partial charge in [-0.2, -0.15) is 5.21 Å². The summed E-state index contributed by atoms with van der Waals surface area (Å²) in [7, 11) is 0. The highest BCUT2D eigenvalue weighted by molar-refractivity contribution is 7.99. The second-order valence-corrected chi connectivity index (χ2v) is 9.31. The molecule has 0 unspecified atom stereocenters. The molecular formula is C24H30ClN5O3S. The number of benzene rings is 2. The van der Waals surface area contributed by atoms with Crippen LogP contribution in [0.2, 0.25) is 5.02 Å². The predicted molar refractivity (Wildman–Crippen MR) is 135 cm³/mol. The van der Waals surface area contributed by atoms with Crippen LogP contribution in [-0.4, -0.2) is 49.0 Å².